The molecule has 4 rings (SSSR count). The van der Waals surface area contributed by atoms with E-state index in [1.807, 2.05) is 12.4 Å². The average Bonchev–Trinajstić information content (AvgIpc) is 2.92. The second-order valence-corrected chi connectivity index (χ2v) is 5.43. The zero-order chi connectivity index (χ0) is 14.2. The number of anilines is 1. The molecule has 4 heteroatoms. The van der Waals surface area contributed by atoms with Crippen LogP contribution in [0.2, 0.25) is 0 Å². The number of benzene rings is 1. The third-order valence-corrected chi connectivity index (χ3v) is 4.29. The fourth-order valence-electron chi connectivity index (χ4n) is 3.34. The van der Waals surface area contributed by atoms with Crippen LogP contribution in [0.5, 0.6) is 0 Å². The van der Waals surface area contributed by atoms with Gasteiger partial charge in [0.1, 0.15) is 11.3 Å². The predicted molar refractivity (Wildman–Crippen MR) is 84.6 cm³/mol. The van der Waals surface area contributed by atoms with Gasteiger partial charge in [0.05, 0.1) is 11.7 Å². The maximum absolute atomic E-state index is 4.88. The normalized spacial score (nSPS) is 17.5. The Balaban J connectivity index is 1.91. The molecule has 1 atom stereocenters. The molecule has 4 nitrogen and oxygen atoms in total. The van der Waals surface area contributed by atoms with E-state index in [9.17, 15) is 0 Å². The van der Waals surface area contributed by atoms with Crippen molar-refractivity contribution < 1.29 is 0 Å². The van der Waals surface area contributed by atoms with Crippen LogP contribution in [0.3, 0.4) is 0 Å². The lowest BCUT2D eigenvalue weighted by Gasteiger charge is -2.26. The van der Waals surface area contributed by atoms with Gasteiger partial charge in [-0.05, 0) is 31.0 Å². The monoisotopic (exact) mass is 278 g/mol. The van der Waals surface area contributed by atoms with E-state index in [0.717, 1.165) is 30.9 Å². The molecule has 0 aliphatic carbocycles. The molecule has 0 bridgehead atoms. The van der Waals surface area contributed by atoms with Crippen molar-refractivity contribution in [1.29, 1.82) is 0 Å². The van der Waals surface area contributed by atoms with E-state index in [0.29, 0.717) is 5.92 Å². The van der Waals surface area contributed by atoms with Gasteiger partial charge in [0, 0.05) is 30.9 Å². The Labute approximate surface area is 123 Å². The topological polar surface area (TPSA) is 42.7 Å². The van der Waals surface area contributed by atoms with Crippen LogP contribution in [-0.4, -0.2) is 21.1 Å². The number of rotatable bonds is 2. The molecule has 1 aliphatic heterocycles. The summed E-state index contributed by atoms with van der Waals surface area (Å²) in [5, 5.41) is 3.48. The third-order valence-electron chi connectivity index (χ3n) is 4.29. The van der Waals surface area contributed by atoms with Gasteiger partial charge in [0.2, 0.25) is 0 Å². The maximum Gasteiger partial charge on any atom is 0.117 e. The van der Waals surface area contributed by atoms with Crippen molar-refractivity contribution in [1.82, 2.24) is 14.5 Å². The number of fused-ring (bicyclic) bond motifs is 2. The van der Waals surface area contributed by atoms with Gasteiger partial charge >= 0.3 is 0 Å². The number of aromatic nitrogens is 3. The largest absolute Gasteiger partial charge is 0.385 e. The molecule has 0 saturated heterocycles. The zero-order valence-corrected chi connectivity index (χ0v) is 12.1. The first-order valence-electron chi connectivity index (χ1n) is 7.51. The molecule has 106 valence electrons. The van der Waals surface area contributed by atoms with Gasteiger partial charge in [-0.1, -0.05) is 18.2 Å². The van der Waals surface area contributed by atoms with Crippen LogP contribution in [0.15, 0.2) is 42.7 Å². The van der Waals surface area contributed by atoms with E-state index in [4.69, 9.17) is 4.98 Å². The summed E-state index contributed by atoms with van der Waals surface area (Å²) >= 11 is 0. The smallest absolute Gasteiger partial charge is 0.117 e. The van der Waals surface area contributed by atoms with Crippen LogP contribution in [0, 0.1) is 0 Å². The predicted octanol–water partition coefficient (Wildman–Crippen LogP) is 3.40. The first kappa shape index (κ1) is 12.4. The lowest BCUT2D eigenvalue weighted by atomic mass is 9.90. The van der Waals surface area contributed by atoms with Crippen LogP contribution in [0.25, 0.3) is 11.0 Å². The Kier molecular flexibility index (Phi) is 2.88. The standard InChI is InChI=1S/C17H18N4/c1-2-21-16-8-9-18-11-15(16)20-17(21)13-7-10-19-14-6-4-3-5-12(13)14/h3-6,8-9,11,13,19H,2,7,10H2,1H3. The summed E-state index contributed by atoms with van der Waals surface area (Å²) in [5.74, 6) is 1.52. The summed E-state index contributed by atoms with van der Waals surface area (Å²) in [6.07, 6.45) is 4.78. The van der Waals surface area contributed by atoms with E-state index in [-0.39, 0.29) is 0 Å². The number of imidazole rings is 1. The minimum absolute atomic E-state index is 0.356. The third kappa shape index (κ3) is 1.90. The lowest BCUT2D eigenvalue weighted by molar-refractivity contribution is 0.620. The van der Waals surface area contributed by atoms with Crippen molar-refractivity contribution in [2.45, 2.75) is 25.8 Å². The number of hydrogen-bond donors (Lipinski definition) is 1. The Bertz CT molecular complexity index is 790. The van der Waals surface area contributed by atoms with Crippen molar-refractivity contribution in [2.75, 3.05) is 11.9 Å². The van der Waals surface area contributed by atoms with Gasteiger partial charge in [-0.2, -0.15) is 0 Å². The number of pyridine rings is 1. The highest BCUT2D eigenvalue weighted by atomic mass is 15.1. The van der Waals surface area contributed by atoms with Crippen LogP contribution in [0.4, 0.5) is 5.69 Å². The molecule has 3 aromatic rings. The van der Waals surface area contributed by atoms with Crippen molar-refractivity contribution in [3.05, 3.63) is 54.1 Å². The van der Waals surface area contributed by atoms with Gasteiger partial charge in [0.25, 0.3) is 0 Å². The minimum Gasteiger partial charge on any atom is -0.385 e. The second kappa shape index (κ2) is 4.88. The van der Waals surface area contributed by atoms with Gasteiger partial charge in [-0.25, -0.2) is 4.98 Å². The van der Waals surface area contributed by atoms with Crippen LogP contribution in [-0.2, 0) is 6.54 Å². The summed E-state index contributed by atoms with van der Waals surface area (Å²) in [6, 6.07) is 10.6. The van der Waals surface area contributed by atoms with Gasteiger partial charge < -0.3 is 9.88 Å². The first-order valence-corrected chi connectivity index (χ1v) is 7.51. The fraction of sp³-hybridized carbons (Fsp3) is 0.294. The molecule has 0 saturated carbocycles. The summed E-state index contributed by atoms with van der Waals surface area (Å²) in [6.45, 7) is 4.10. The van der Waals surface area contributed by atoms with Crippen molar-refractivity contribution in [3.8, 4) is 0 Å². The molecule has 3 heterocycles. The molecule has 0 fully saturated rings. The summed E-state index contributed by atoms with van der Waals surface area (Å²) < 4.78 is 2.32. The van der Waals surface area contributed by atoms with E-state index < -0.39 is 0 Å². The highest BCUT2D eigenvalue weighted by molar-refractivity contribution is 5.75. The van der Waals surface area contributed by atoms with Crippen molar-refractivity contribution in [3.63, 3.8) is 0 Å². The average molecular weight is 278 g/mol. The summed E-state index contributed by atoms with van der Waals surface area (Å²) in [5.41, 5.74) is 4.76. The Morgan fingerprint density at radius 2 is 2.19 bits per heavy atom. The lowest BCUT2D eigenvalue weighted by Crippen LogP contribution is -2.20. The highest BCUT2D eigenvalue weighted by Crippen LogP contribution is 2.36. The Morgan fingerprint density at radius 3 is 3.10 bits per heavy atom. The van der Waals surface area contributed by atoms with Crippen LogP contribution < -0.4 is 5.32 Å². The van der Waals surface area contributed by atoms with Gasteiger partial charge in [0.15, 0.2) is 0 Å². The van der Waals surface area contributed by atoms with Gasteiger partial charge in [-0.15, -0.1) is 0 Å². The molecule has 2 aromatic heterocycles. The summed E-state index contributed by atoms with van der Waals surface area (Å²) in [4.78, 5) is 9.08. The molecule has 1 unspecified atom stereocenters. The maximum atomic E-state index is 4.88. The molecule has 0 radical (unpaired) electrons. The molecule has 21 heavy (non-hydrogen) atoms. The quantitative estimate of drug-likeness (QED) is 0.781. The Morgan fingerprint density at radius 1 is 1.29 bits per heavy atom. The van der Waals surface area contributed by atoms with E-state index in [2.05, 4.69) is 52.1 Å². The van der Waals surface area contributed by atoms with E-state index in [1.54, 1.807) is 0 Å². The first-order chi connectivity index (χ1) is 10.4. The number of para-hydroxylation sites is 1. The Hall–Kier alpha value is -2.36. The molecule has 1 N–H and O–H groups in total. The van der Waals surface area contributed by atoms with E-state index in [1.165, 1.54) is 16.8 Å². The number of nitrogens with one attached hydrogen (secondary N) is 1. The minimum atomic E-state index is 0.356. The number of hydrogen-bond acceptors (Lipinski definition) is 3. The number of aryl methyl sites for hydroxylation is 1. The molecule has 1 aliphatic rings. The fourth-order valence-corrected chi connectivity index (χ4v) is 3.34. The second-order valence-electron chi connectivity index (χ2n) is 5.43. The van der Waals surface area contributed by atoms with Crippen molar-refractivity contribution >= 4 is 16.7 Å². The van der Waals surface area contributed by atoms with Crippen LogP contribution in [0.1, 0.15) is 30.7 Å². The molecule has 1 aromatic carbocycles. The van der Waals surface area contributed by atoms with Crippen LogP contribution >= 0.6 is 0 Å². The number of nitrogens with zero attached hydrogens (tertiary/aromatic N) is 3. The molecular formula is C17H18N4. The highest BCUT2D eigenvalue weighted by Gasteiger charge is 2.26. The van der Waals surface area contributed by atoms with Crippen molar-refractivity contribution in [2.24, 2.45) is 0 Å². The zero-order valence-electron chi connectivity index (χ0n) is 12.1. The molecule has 0 spiro atoms. The molecular weight excluding hydrogens is 260 g/mol. The SMILES string of the molecule is CCn1c(C2CCNc3ccccc32)nc2cnccc21. The van der Waals surface area contributed by atoms with E-state index >= 15 is 0 Å². The summed E-state index contributed by atoms with van der Waals surface area (Å²) in [7, 11) is 0. The van der Waals surface area contributed by atoms with Gasteiger partial charge in [-0.3, -0.25) is 4.98 Å². The molecule has 0 amide bonds.